The van der Waals surface area contributed by atoms with Gasteiger partial charge in [0.15, 0.2) is 9.84 Å². The summed E-state index contributed by atoms with van der Waals surface area (Å²) in [4.78, 5) is 12.5. The van der Waals surface area contributed by atoms with E-state index in [1.807, 2.05) is 0 Å². The summed E-state index contributed by atoms with van der Waals surface area (Å²) in [5.41, 5.74) is 0.760. The van der Waals surface area contributed by atoms with Gasteiger partial charge in [-0.25, -0.2) is 21.1 Å². The number of amides is 1. The molecule has 1 N–H and O–H groups in total. The highest BCUT2D eigenvalue weighted by Gasteiger charge is 2.41. The number of nitrogens with zero attached hydrogens (tertiary/aromatic N) is 1. The SMILES string of the molecule is CC(C)S(=O)(=O)c1ccc(CC(=O)NCC2CCN(S(=O)(=O)C3CC3)CC2)cc1. The standard InChI is InChI=1S/C20H30N2O5S2/c1-15(2)28(24,25)18-5-3-16(4-6-18)13-20(23)21-14-17-9-11-22(12-10-17)29(26,27)19-7-8-19/h3-6,15,17,19H,7-14H2,1-2H3,(H,21,23). The molecule has 1 aromatic carbocycles. The molecular weight excluding hydrogens is 412 g/mol. The first-order valence-electron chi connectivity index (χ1n) is 10.2. The van der Waals surface area contributed by atoms with Crippen molar-refractivity contribution in [1.82, 2.24) is 9.62 Å². The van der Waals surface area contributed by atoms with Crippen LogP contribution in [0.3, 0.4) is 0 Å². The molecule has 1 aliphatic carbocycles. The van der Waals surface area contributed by atoms with Gasteiger partial charge in [0.1, 0.15) is 0 Å². The van der Waals surface area contributed by atoms with Crippen LogP contribution in [0.4, 0.5) is 0 Å². The lowest BCUT2D eigenvalue weighted by Gasteiger charge is -2.31. The minimum atomic E-state index is -3.31. The molecule has 29 heavy (non-hydrogen) atoms. The number of benzene rings is 1. The van der Waals surface area contributed by atoms with E-state index >= 15 is 0 Å². The molecule has 0 bridgehead atoms. The third kappa shape index (κ3) is 5.38. The van der Waals surface area contributed by atoms with Crippen molar-refractivity contribution < 1.29 is 21.6 Å². The first-order valence-corrected chi connectivity index (χ1v) is 13.2. The zero-order valence-corrected chi connectivity index (χ0v) is 18.6. The van der Waals surface area contributed by atoms with E-state index in [4.69, 9.17) is 0 Å². The smallest absolute Gasteiger partial charge is 0.224 e. The average Bonchev–Trinajstić information content (AvgIpc) is 3.53. The Bertz CT molecular complexity index is 928. The molecule has 1 saturated heterocycles. The Balaban J connectivity index is 1.44. The Kier molecular flexibility index (Phi) is 6.70. The Morgan fingerprint density at radius 3 is 2.14 bits per heavy atom. The summed E-state index contributed by atoms with van der Waals surface area (Å²) in [6, 6.07) is 6.45. The molecule has 3 rings (SSSR count). The summed E-state index contributed by atoms with van der Waals surface area (Å²) in [6.07, 6.45) is 3.27. The largest absolute Gasteiger partial charge is 0.356 e. The van der Waals surface area contributed by atoms with E-state index in [2.05, 4.69) is 5.32 Å². The average molecular weight is 443 g/mol. The maximum Gasteiger partial charge on any atom is 0.224 e. The van der Waals surface area contributed by atoms with Gasteiger partial charge in [0.05, 0.1) is 21.8 Å². The lowest BCUT2D eigenvalue weighted by molar-refractivity contribution is -0.120. The number of hydrogen-bond acceptors (Lipinski definition) is 5. The van der Waals surface area contributed by atoms with Gasteiger partial charge in [0.2, 0.25) is 15.9 Å². The fraction of sp³-hybridized carbons (Fsp3) is 0.650. The maximum absolute atomic E-state index is 12.3. The normalized spacial score (nSPS) is 19.4. The molecular formula is C20H30N2O5S2. The molecule has 0 atom stereocenters. The van der Waals surface area contributed by atoms with Crippen LogP contribution in [0.15, 0.2) is 29.2 Å². The van der Waals surface area contributed by atoms with E-state index in [1.165, 1.54) is 0 Å². The van der Waals surface area contributed by atoms with Gasteiger partial charge >= 0.3 is 0 Å². The highest BCUT2D eigenvalue weighted by Crippen LogP contribution is 2.33. The lowest BCUT2D eigenvalue weighted by Crippen LogP contribution is -2.42. The quantitative estimate of drug-likeness (QED) is 0.661. The van der Waals surface area contributed by atoms with Crippen LogP contribution in [0, 0.1) is 5.92 Å². The Labute approximate surface area is 173 Å². The fourth-order valence-corrected chi connectivity index (χ4v) is 6.45. The number of rotatable bonds is 8. The predicted octanol–water partition coefficient (Wildman–Crippen LogP) is 1.73. The third-order valence-corrected chi connectivity index (χ3v) is 10.3. The Hall–Kier alpha value is -1.45. The molecule has 9 heteroatoms. The van der Waals surface area contributed by atoms with Crippen LogP contribution >= 0.6 is 0 Å². The minimum Gasteiger partial charge on any atom is -0.356 e. The van der Waals surface area contributed by atoms with Crippen LogP contribution in [0.2, 0.25) is 0 Å². The van der Waals surface area contributed by atoms with Crippen molar-refractivity contribution in [3.8, 4) is 0 Å². The summed E-state index contributed by atoms with van der Waals surface area (Å²) in [5.74, 6) is 0.167. The van der Waals surface area contributed by atoms with E-state index in [-0.39, 0.29) is 28.4 Å². The van der Waals surface area contributed by atoms with Crippen molar-refractivity contribution in [2.45, 2.75) is 61.3 Å². The molecule has 1 saturated carbocycles. The molecule has 1 aliphatic heterocycles. The number of nitrogens with one attached hydrogen (secondary N) is 1. The van der Waals surface area contributed by atoms with Gasteiger partial charge in [0, 0.05) is 19.6 Å². The molecule has 162 valence electrons. The lowest BCUT2D eigenvalue weighted by atomic mass is 9.98. The summed E-state index contributed by atoms with van der Waals surface area (Å²) >= 11 is 0. The predicted molar refractivity (Wildman–Crippen MR) is 112 cm³/mol. The Morgan fingerprint density at radius 1 is 1.03 bits per heavy atom. The van der Waals surface area contributed by atoms with Gasteiger partial charge < -0.3 is 5.32 Å². The van der Waals surface area contributed by atoms with E-state index in [9.17, 15) is 21.6 Å². The van der Waals surface area contributed by atoms with Crippen molar-refractivity contribution in [2.75, 3.05) is 19.6 Å². The molecule has 1 heterocycles. The van der Waals surface area contributed by atoms with Crippen LogP contribution in [0.1, 0.15) is 45.1 Å². The highest BCUT2D eigenvalue weighted by atomic mass is 32.2. The van der Waals surface area contributed by atoms with Crippen LogP contribution in [0.5, 0.6) is 0 Å². The summed E-state index contributed by atoms with van der Waals surface area (Å²) in [5, 5.41) is 2.28. The van der Waals surface area contributed by atoms with E-state index < -0.39 is 25.1 Å². The summed E-state index contributed by atoms with van der Waals surface area (Å²) in [7, 11) is -6.41. The van der Waals surface area contributed by atoms with Crippen molar-refractivity contribution >= 4 is 25.8 Å². The monoisotopic (exact) mass is 442 g/mol. The number of sulfone groups is 1. The summed E-state index contributed by atoms with van der Waals surface area (Å²) in [6.45, 7) is 4.89. The zero-order valence-electron chi connectivity index (χ0n) is 17.0. The fourth-order valence-electron chi connectivity index (χ4n) is 3.52. The number of piperidine rings is 1. The van der Waals surface area contributed by atoms with Crippen molar-refractivity contribution in [2.24, 2.45) is 5.92 Å². The second-order valence-corrected chi connectivity index (χ2v) is 13.0. The van der Waals surface area contributed by atoms with E-state index in [0.29, 0.717) is 19.6 Å². The van der Waals surface area contributed by atoms with Gasteiger partial charge in [-0.2, -0.15) is 0 Å². The molecule has 0 spiro atoms. The first kappa shape index (κ1) is 22.2. The topological polar surface area (TPSA) is 101 Å². The van der Waals surface area contributed by atoms with Crippen molar-refractivity contribution in [3.05, 3.63) is 29.8 Å². The second kappa shape index (κ2) is 8.73. The molecule has 2 aliphatic rings. The van der Waals surface area contributed by atoms with E-state index in [1.54, 1.807) is 42.4 Å². The number of carbonyl (C=O) groups excluding carboxylic acids is 1. The third-order valence-electron chi connectivity index (χ3n) is 5.70. The van der Waals surface area contributed by atoms with Crippen molar-refractivity contribution in [3.63, 3.8) is 0 Å². The van der Waals surface area contributed by atoms with Crippen LogP contribution in [-0.2, 0) is 31.1 Å². The van der Waals surface area contributed by atoms with Gasteiger partial charge in [0.25, 0.3) is 0 Å². The highest BCUT2D eigenvalue weighted by molar-refractivity contribution is 7.92. The van der Waals surface area contributed by atoms with Crippen LogP contribution in [-0.4, -0.2) is 57.2 Å². The van der Waals surface area contributed by atoms with Crippen LogP contribution in [0.25, 0.3) is 0 Å². The van der Waals surface area contributed by atoms with Gasteiger partial charge in [-0.1, -0.05) is 12.1 Å². The van der Waals surface area contributed by atoms with Gasteiger partial charge in [-0.15, -0.1) is 0 Å². The maximum atomic E-state index is 12.3. The molecule has 7 nitrogen and oxygen atoms in total. The van der Waals surface area contributed by atoms with Crippen molar-refractivity contribution in [1.29, 1.82) is 0 Å². The van der Waals surface area contributed by atoms with Crippen LogP contribution < -0.4 is 5.32 Å². The number of hydrogen-bond donors (Lipinski definition) is 1. The minimum absolute atomic E-state index is 0.113. The Morgan fingerprint density at radius 2 is 1.62 bits per heavy atom. The molecule has 1 amide bonds. The molecule has 1 aromatic rings. The first-order chi connectivity index (χ1) is 13.6. The molecule has 0 aromatic heterocycles. The zero-order chi connectivity index (χ0) is 21.2. The summed E-state index contributed by atoms with van der Waals surface area (Å²) < 4.78 is 50.4. The number of carbonyl (C=O) groups is 1. The molecule has 0 unspecified atom stereocenters. The second-order valence-electron chi connectivity index (χ2n) is 8.31. The van der Waals surface area contributed by atoms with Gasteiger partial charge in [-0.3, -0.25) is 4.79 Å². The molecule has 0 radical (unpaired) electrons. The van der Waals surface area contributed by atoms with Gasteiger partial charge in [-0.05, 0) is 63.1 Å². The number of sulfonamides is 1. The molecule has 2 fully saturated rings. The van der Waals surface area contributed by atoms with E-state index in [0.717, 1.165) is 31.2 Å².